The number of aromatic hydroxyl groups is 1. The number of likely N-dealkylation sites (tertiary alicyclic amines) is 2. The molecule has 208 valence electrons. The Hall–Kier alpha value is -2.62. The summed E-state index contributed by atoms with van der Waals surface area (Å²) in [4.78, 5) is 63.0. The molecule has 0 aromatic heterocycles. The molecule has 3 fully saturated rings. The lowest BCUT2D eigenvalue weighted by atomic mass is 9.56. The fourth-order valence-electron chi connectivity index (χ4n) is 6.85. The fourth-order valence-corrected chi connectivity index (χ4v) is 8.14. The van der Waals surface area contributed by atoms with Crippen LogP contribution in [0.5, 0.6) is 5.75 Å². The van der Waals surface area contributed by atoms with E-state index in [2.05, 4.69) is 0 Å². The van der Waals surface area contributed by atoms with Crippen molar-refractivity contribution in [1.82, 2.24) is 9.80 Å². The molecule has 0 radical (unpaired) electrons. The Bertz CT molecular complexity index is 1330. The van der Waals surface area contributed by atoms with Crippen molar-refractivity contribution in [2.75, 3.05) is 13.6 Å². The van der Waals surface area contributed by atoms with Crippen molar-refractivity contribution >= 4 is 64.4 Å². The van der Waals surface area contributed by atoms with Crippen molar-refractivity contribution in [3.8, 4) is 5.75 Å². The molecule has 39 heavy (non-hydrogen) atoms. The van der Waals surface area contributed by atoms with Gasteiger partial charge in [0, 0.05) is 31.0 Å². The number of aliphatic carboxylic acids is 1. The molecule has 4 amide bonds. The molecule has 1 aromatic rings. The normalized spacial score (nSPS) is 33.7. The Balaban J connectivity index is 1.54. The maximum absolute atomic E-state index is 13.7. The molecule has 4 aliphatic rings. The Morgan fingerprint density at radius 3 is 2.44 bits per heavy atom. The third-order valence-electron chi connectivity index (χ3n) is 8.67. The standard InChI is InChI=1S/C27H27Cl3N2O7/c1-31-24(38)26(29)12-17-14(21(27(26,30)25(31)39)15-7-6-13(33)11-18(15)28)8-9-16-20(17)23(37)32(22(16)36)10-4-2-3-5-19(34)35/h6-8,11,16-17,20-21,33H,2-5,9-10,12H2,1H3,(H,34,35)/t16-,17+,20-,21+,26+,27-/m0/s1. The molecule has 2 saturated heterocycles. The number of halogens is 3. The van der Waals surface area contributed by atoms with Crippen molar-refractivity contribution in [2.45, 2.75) is 54.2 Å². The van der Waals surface area contributed by atoms with Gasteiger partial charge in [0.2, 0.25) is 11.8 Å². The molecule has 6 atom stereocenters. The summed E-state index contributed by atoms with van der Waals surface area (Å²) in [6.45, 7) is 0.172. The molecule has 1 aromatic carbocycles. The summed E-state index contributed by atoms with van der Waals surface area (Å²) in [6, 6.07) is 4.23. The van der Waals surface area contributed by atoms with E-state index < -0.39 is 51.2 Å². The molecule has 9 nitrogen and oxygen atoms in total. The lowest BCUT2D eigenvalue weighted by Gasteiger charge is -2.51. The van der Waals surface area contributed by atoms with E-state index in [1.54, 1.807) is 0 Å². The molecule has 0 spiro atoms. The monoisotopic (exact) mass is 596 g/mol. The number of allylic oxidation sites excluding steroid dienone is 2. The van der Waals surface area contributed by atoms with E-state index in [0.29, 0.717) is 30.4 Å². The van der Waals surface area contributed by atoms with E-state index in [-0.39, 0.29) is 48.4 Å². The number of benzene rings is 1. The molecule has 2 N–H and O–H groups in total. The van der Waals surface area contributed by atoms with Crippen LogP contribution in [0.3, 0.4) is 0 Å². The van der Waals surface area contributed by atoms with Gasteiger partial charge in [-0.05, 0) is 49.3 Å². The zero-order chi connectivity index (χ0) is 28.4. The minimum atomic E-state index is -1.94. The quantitative estimate of drug-likeness (QED) is 0.212. The van der Waals surface area contributed by atoms with Crippen molar-refractivity contribution in [2.24, 2.45) is 17.8 Å². The molecular formula is C27H27Cl3N2O7. The van der Waals surface area contributed by atoms with Crippen molar-refractivity contribution in [3.05, 3.63) is 40.4 Å². The summed E-state index contributed by atoms with van der Waals surface area (Å²) in [5, 5.41) is 18.9. The largest absolute Gasteiger partial charge is 0.508 e. The number of fused-ring (bicyclic) bond motifs is 4. The molecule has 12 heteroatoms. The van der Waals surface area contributed by atoms with Crippen LogP contribution in [0.2, 0.25) is 5.02 Å². The van der Waals surface area contributed by atoms with Crippen LogP contribution in [-0.4, -0.2) is 73.0 Å². The summed E-state index contributed by atoms with van der Waals surface area (Å²) in [7, 11) is 1.31. The summed E-state index contributed by atoms with van der Waals surface area (Å²) in [5.74, 6) is -6.13. The van der Waals surface area contributed by atoms with E-state index in [0.717, 1.165) is 4.90 Å². The van der Waals surface area contributed by atoms with Gasteiger partial charge in [-0.3, -0.25) is 33.8 Å². The van der Waals surface area contributed by atoms with E-state index >= 15 is 0 Å². The van der Waals surface area contributed by atoms with Gasteiger partial charge in [0.15, 0.2) is 9.75 Å². The molecule has 0 unspecified atom stereocenters. The van der Waals surface area contributed by atoms with Crippen molar-refractivity contribution in [1.29, 1.82) is 0 Å². The lowest BCUT2D eigenvalue weighted by Crippen LogP contribution is -2.60. The Kier molecular flexibility index (Phi) is 7.01. The predicted molar refractivity (Wildman–Crippen MR) is 141 cm³/mol. The maximum Gasteiger partial charge on any atom is 0.303 e. The zero-order valence-electron chi connectivity index (χ0n) is 21.0. The Morgan fingerprint density at radius 1 is 1.05 bits per heavy atom. The van der Waals surface area contributed by atoms with Crippen LogP contribution < -0.4 is 0 Å². The Morgan fingerprint density at radius 2 is 1.77 bits per heavy atom. The maximum atomic E-state index is 13.7. The number of hydrogen-bond acceptors (Lipinski definition) is 6. The number of unbranched alkanes of at least 4 members (excludes halogenated alkanes) is 2. The molecule has 1 saturated carbocycles. The highest BCUT2D eigenvalue weighted by atomic mass is 35.5. The second kappa shape index (κ2) is 9.78. The number of phenols is 1. The van der Waals surface area contributed by atoms with Gasteiger partial charge in [0.25, 0.3) is 11.8 Å². The van der Waals surface area contributed by atoms with E-state index in [1.165, 1.54) is 30.1 Å². The number of carbonyl (C=O) groups excluding carboxylic acids is 4. The van der Waals surface area contributed by atoms with E-state index in [1.807, 2.05) is 6.08 Å². The van der Waals surface area contributed by atoms with Crippen LogP contribution in [0, 0.1) is 17.8 Å². The smallest absolute Gasteiger partial charge is 0.303 e. The highest BCUT2D eigenvalue weighted by Gasteiger charge is 2.76. The van der Waals surface area contributed by atoms with Gasteiger partial charge < -0.3 is 10.2 Å². The highest BCUT2D eigenvalue weighted by Crippen LogP contribution is 2.65. The van der Waals surface area contributed by atoms with Gasteiger partial charge in [-0.2, -0.15) is 0 Å². The number of phenolic OH excluding ortho intramolecular Hbond substituents is 1. The van der Waals surface area contributed by atoms with Crippen LogP contribution in [0.4, 0.5) is 0 Å². The minimum Gasteiger partial charge on any atom is -0.508 e. The first kappa shape index (κ1) is 27.9. The average molecular weight is 598 g/mol. The molecule has 5 rings (SSSR count). The number of hydrogen-bond donors (Lipinski definition) is 2. The van der Waals surface area contributed by atoms with Crippen LogP contribution in [-0.2, 0) is 24.0 Å². The van der Waals surface area contributed by atoms with Gasteiger partial charge in [0.1, 0.15) is 5.75 Å². The summed E-state index contributed by atoms with van der Waals surface area (Å²) in [5.41, 5.74) is 1.00. The van der Waals surface area contributed by atoms with Gasteiger partial charge in [-0.1, -0.05) is 35.7 Å². The summed E-state index contributed by atoms with van der Waals surface area (Å²) in [6.07, 6.45) is 3.43. The second-order valence-electron chi connectivity index (χ2n) is 10.7. The van der Waals surface area contributed by atoms with Crippen LogP contribution in [0.25, 0.3) is 0 Å². The number of carboxylic acid groups (broad SMARTS) is 1. The van der Waals surface area contributed by atoms with Crippen molar-refractivity contribution < 1.29 is 34.2 Å². The number of carboxylic acids is 1. The van der Waals surface area contributed by atoms with Crippen LogP contribution in [0.15, 0.2) is 29.8 Å². The number of carbonyl (C=O) groups is 5. The van der Waals surface area contributed by atoms with E-state index in [9.17, 15) is 29.1 Å². The summed E-state index contributed by atoms with van der Waals surface area (Å²) >= 11 is 20.7. The lowest BCUT2D eigenvalue weighted by molar-refractivity contribution is -0.141. The SMILES string of the molecule is CN1C(=O)[C@]2(Cl)C[C@@H]3C(=CC[C@@H]4C(=O)N(CCCCCC(=O)O)C(=O)[C@@H]43)[C@H](c3ccc(O)cc3Cl)[C@]2(Cl)C1=O. The topological polar surface area (TPSA) is 132 Å². The number of nitrogens with zero attached hydrogens (tertiary/aromatic N) is 2. The van der Waals surface area contributed by atoms with E-state index in [4.69, 9.17) is 39.9 Å². The fraction of sp³-hybridized carbons (Fsp3) is 0.519. The molecule has 2 aliphatic heterocycles. The molecule has 2 heterocycles. The number of rotatable bonds is 7. The van der Waals surface area contributed by atoms with Gasteiger partial charge >= 0.3 is 5.97 Å². The van der Waals surface area contributed by atoms with Crippen LogP contribution >= 0.6 is 34.8 Å². The van der Waals surface area contributed by atoms with Gasteiger partial charge in [-0.25, -0.2) is 0 Å². The third-order valence-corrected chi connectivity index (χ3v) is 10.4. The third kappa shape index (κ3) is 3.99. The number of imide groups is 2. The first-order chi connectivity index (χ1) is 18.3. The molecular weight excluding hydrogens is 571 g/mol. The van der Waals surface area contributed by atoms with Crippen LogP contribution in [0.1, 0.15) is 50.0 Å². The van der Waals surface area contributed by atoms with Gasteiger partial charge in [-0.15, -0.1) is 23.2 Å². The highest BCUT2D eigenvalue weighted by molar-refractivity contribution is 6.53. The number of alkyl halides is 2. The zero-order valence-corrected chi connectivity index (χ0v) is 23.3. The second-order valence-corrected chi connectivity index (χ2v) is 12.4. The first-order valence-corrected chi connectivity index (χ1v) is 13.9. The molecule has 2 aliphatic carbocycles. The molecule has 0 bridgehead atoms. The summed E-state index contributed by atoms with van der Waals surface area (Å²) < 4.78 is 0. The average Bonchev–Trinajstić information content (AvgIpc) is 3.19. The Labute approximate surface area is 239 Å². The predicted octanol–water partition coefficient (Wildman–Crippen LogP) is 3.68. The first-order valence-electron chi connectivity index (χ1n) is 12.8. The number of amides is 4. The minimum absolute atomic E-state index is 0.0167. The van der Waals surface area contributed by atoms with Gasteiger partial charge in [0.05, 0.1) is 11.8 Å². The van der Waals surface area contributed by atoms with Crippen molar-refractivity contribution in [3.63, 3.8) is 0 Å².